The Labute approximate surface area is 60.7 Å². The number of nitrogens with one attached hydrogen (secondary N) is 1. The molecule has 0 bridgehead atoms. The van der Waals surface area contributed by atoms with E-state index in [9.17, 15) is 0 Å². The fourth-order valence-corrected chi connectivity index (χ4v) is 0. The molecule has 2 nitrogen and oxygen atoms in total. The Hall–Kier alpha value is 1.19. The molecule has 0 unspecified atom stereocenters. The van der Waals surface area contributed by atoms with Gasteiger partial charge in [-0.2, -0.15) is 6.54 Å². The molecule has 5 heteroatoms. The summed E-state index contributed by atoms with van der Waals surface area (Å²) in [6.07, 6.45) is 0. The van der Waals surface area contributed by atoms with Crippen LogP contribution in [0.5, 0.6) is 0 Å². The van der Waals surface area contributed by atoms with Gasteiger partial charge in [-0.15, -0.1) is 0 Å². The van der Waals surface area contributed by atoms with Crippen molar-refractivity contribution in [2.45, 2.75) is 6.92 Å². The standard InChI is InChI=1S/C2H6N.2ClH.H2N.Pt/c1-2-3;;;;/h3H,2H2,1H3;2*1H;1H2;/q-1;;;-1;+4/p-2. The van der Waals surface area contributed by atoms with Crippen molar-refractivity contribution in [1.29, 1.82) is 0 Å². The van der Waals surface area contributed by atoms with E-state index >= 15 is 0 Å². The van der Waals surface area contributed by atoms with Crippen molar-refractivity contribution in [3.05, 3.63) is 11.9 Å². The van der Waals surface area contributed by atoms with Crippen LogP contribution < -0.4 is 0 Å². The van der Waals surface area contributed by atoms with Crippen LogP contribution in [-0.2, 0) is 16.5 Å². The fourth-order valence-electron chi connectivity index (χ4n) is 0. The largest absolute Gasteiger partial charge is 0.693 e. The van der Waals surface area contributed by atoms with Crippen LogP contribution in [0.25, 0.3) is 11.9 Å². The van der Waals surface area contributed by atoms with E-state index in [-0.39, 0.29) is 6.15 Å². The average molecular weight is 326 g/mol. The smallest absolute Gasteiger partial charge is 0.693 e. The summed E-state index contributed by atoms with van der Waals surface area (Å²) in [5, 5.41) is 0. The molecule has 0 rings (SSSR count). The molecule has 0 heterocycles. The van der Waals surface area contributed by atoms with Crippen molar-refractivity contribution < 1.29 is 16.5 Å². The molecular formula is C2H8Cl2N2Pt. The van der Waals surface area contributed by atoms with Gasteiger partial charge in [0.1, 0.15) is 0 Å². The van der Waals surface area contributed by atoms with E-state index in [1.165, 1.54) is 0 Å². The Kier molecular flexibility index (Phi) is 60.8. The summed E-state index contributed by atoms with van der Waals surface area (Å²) in [5.41, 5.74) is 6.21. The number of halogens is 2. The van der Waals surface area contributed by atoms with E-state index in [0.29, 0.717) is 6.54 Å². The minimum Gasteiger partial charge on any atom is -0.693 e. The van der Waals surface area contributed by atoms with Crippen LogP contribution in [-0.4, -0.2) is 6.54 Å². The molecular weight excluding hydrogens is 318 g/mol. The Bertz CT molecular complexity index is 15.7. The predicted octanol–water partition coefficient (Wildman–Crippen LogP) is 3.15. The molecule has 0 aliphatic rings. The summed E-state index contributed by atoms with van der Waals surface area (Å²) in [6.45, 7) is 2.29. The van der Waals surface area contributed by atoms with Crippen molar-refractivity contribution in [1.82, 2.24) is 0 Å². The van der Waals surface area contributed by atoms with E-state index in [1.54, 1.807) is 6.92 Å². The summed E-state index contributed by atoms with van der Waals surface area (Å²) in [7, 11) is 9.75. The second-order valence-corrected chi connectivity index (χ2v) is 3.68. The second-order valence-electron chi connectivity index (χ2n) is 0.399. The molecule has 0 aliphatic heterocycles. The maximum atomic E-state index is 6.21. The van der Waals surface area contributed by atoms with Crippen LogP contribution in [0.4, 0.5) is 0 Å². The Morgan fingerprint density at radius 1 is 1.57 bits per heavy atom. The minimum absolute atomic E-state index is 0. The van der Waals surface area contributed by atoms with Gasteiger partial charge in [-0.3, -0.25) is 0 Å². The van der Waals surface area contributed by atoms with Gasteiger partial charge in [0.2, 0.25) is 0 Å². The predicted molar refractivity (Wildman–Crippen MR) is 31.9 cm³/mol. The first-order valence-electron chi connectivity index (χ1n) is 1.30. The van der Waals surface area contributed by atoms with Crippen LogP contribution in [0, 0.1) is 0 Å². The zero-order chi connectivity index (χ0) is 5.41. The number of hydrogen-bond donors (Lipinski definition) is 0. The number of nitrogens with two attached hydrogens (primary N) is 1. The van der Waals surface area contributed by atoms with Gasteiger partial charge in [0.15, 0.2) is 0 Å². The van der Waals surface area contributed by atoms with Gasteiger partial charge >= 0.3 is 35.3 Å². The third-order valence-corrected chi connectivity index (χ3v) is 0. The van der Waals surface area contributed by atoms with Gasteiger partial charge in [0.05, 0.1) is 0 Å². The van der Waals surface area contributed by atoms with Crippen molar-refractivity contribution >= 4 is 18.8 Å². The molecule has 0 aliphatic carbocycles. The summed E-state index contributed by atoms with van der Waals surface area (Å²) < 4.78 is 0. The summed E-state index contributed by atoms with van der Waals surface area (Å²) in [4.78, 5) is 0. The van der Waals surface area contributed by atoms with Crippen LogP contribution in [0.3, 0.4) is 0 Å². The van der Waals surface area contributed by atoms with E-state index < -0.39 is 16.5 Å². The Morgan fingerprint density at radius 2 is 1.57 bits per heavy atom. The maximum Gasteiger partial charge on any atom is -0.693 e. The molecule has 0 amide bonds. The van der Waals surface area contributed by atoms with E-state index in [1.807, 2.05) is 0 Å². The molecule has 0 aromatic heterocycles. The van der Waals surface area contributed by atoms with Gasteiger partial charge in [-0.1, -0.05) is 6.92 Å². The molecule has 0 spiro atoms. The molecule has 0 atom stereocenters. The molecule has 0 radical (unpaired) electrons. The van der Waals surface area contributed by atoms with Gasteiger partial charge in [-0.05, 0) is 0 Å². The molecule has 0 fully saturated rings. The Balaban J connectivity index is -0.0000000400. The second kappa shape index (κ2) is 27.1. The maximum absolute atomic E-state index is 6.21. The average Bonchev–Trinajstić information content (AvgIpc) is 1.39. The summed E-state index contributed by atoms with van der Waals surface area (Å²) >= 11 is -0.472. The van der Waals surface area contributed by atoms with Crippen LogP contribution in [0.1, 0.15) is 6.92 Å². The quantitative estimate of drug-likeness (QED) is 0.657. The first-order chi connectivity index (χ1) is 2.83. The van der Waals surface area contributed by atoms with E-state index in [2.05, 4.69) is 0 Å². The Morgan fingerprint density at radius 3 is 1.57 bits per heavy atom. The summed E-state index contributed by atoms with van der Waals surface area (Å²) in [5.74, 6) is 0. The molecule has 3 N–H and O–H groups in total. The molecule has 0 saturated carbocycles. The molecule has 0 aromatic carbocycles. The minimum atomic E-state index is -0.472. The zero-order valence-corrected chi connectivity index (χ0v) is 7.64. The van der Waals surface area contributed by atoms with E-state index in [4.69, 9.17) is 24.6 Å². The van der Waals surface area contributed by atoms with Crippen molar-refractivity contribution in [3.63, 3.8) is 0 Å². The van der Waals surface area contributed by atoms with Gasteiger partial charge < -0.3 is 11.9 Å². The third-order valence-electron chi connectivity index (χ3n) is 0. The van der Waals surface area contributed by atoms with Gasteiger partial charge in [-0.25, -0.2) is 0 Å². The van der Waals surface area contributed by atoms with Gasteiger partial charge in [0.25, 0.3) is 0 Å². The van der Waals surface area contributed by atoms with Crippen LogP contribution in [0.2, 0.25) is 0 Å². The van der Waals surface area contributed by atoms with Crippen molar-refractivity contribution in [2.24, 2.45) is 0 Å². The van der Waals surface area contributed by atoms with Crippen LogP contribution in [0.15, 0.2) is 0 Å². The van der Waals surface area contributed by atoms with Crippen LogP contribution >= 0.6 is 18.8 Å². The summed E-state index contributed by atoms with van der Waals surface area (Å²) in [6, 6.07) is 0. The van der Waals surface area contributed by atoms with E-state index in [0.717, 1.165) is 0 Å². The molecule has 0 saturated heterocycles. The topological polar surface area (TPSA) is 57.3 Å². The van der Waals surface area contributed by atoms with Crippen molar-refractivity contribution in [3.8, 4) is 0 Å². The SMILES string of the molecule is CC[NH-].[Cl][Pt+2][Cl].[NH2-]. The third kappa shape index (κ3) is 137. The van der Waals surface area contributed by atoms with Crippen molar-refractivity contribution in [2.75, 3.05) is 6.54 Å². The first kappa shape index (κ1) is 15.7. The zero-order valence-electron chi connectivity index (χ0n) is 3.86. The van der Waals surface area contributed by atoms with Gasteiger partial charge in [0, 0.05) is 0 Å². The molecule has 0 aromatic rings. The fraction of sp³-hybridized carbons (Fsp3) is 1.00. The monoisotopic (exact) mass is 325 g/mol. The normalized spacial score (nSPS) is 5.71. The number of rotatable bonds is 0. The first-order valence-corrected chi connectivity index (χ1v) is 6.93. The molecule has 50 valence electrons. The molecule has 7 heavy (non-hydrogen) atoms. The number of hydrogen-bond acceptors (Lipinski definition) is 0.